The van der Waals surface area contributed by atoms with Crippen molar-refractivity contribution in [2.75, 3.05) is 26.2 Å². The van der Waals surface area contributed by atoms with Crippen molar-refractivity contribution in [3.8, 4) is 0 Å². The molecule has 1 atom stereocenters. The zero-order valence-corrected chi connectivity index (χ0v) is 9.35. The van der Waals surface area contributed by atoms with Crippen LogP contribution in [0.15, 0.2) is 0 Å². The van der Waals surface area contributed by atoms with E-state index >= 15 is 0 Å². The molecule has 0 unspecified atom stereocenters. The molecule has 0 radical (unpaired) electrons. The number of amides is 1. The highest BCUT2D eigenvalue weighted by molar-refractivity contribution is 5.78. The van der Waals surface area contributed by atoms with E-state index in [4.69, 9.17) is 0 Å². The number of likely N-dealkylation sites (N-methyl/N-ethyl adjacent to an activating group) is 1. The van der Waals surface area contributed by atoms with Gasteiger partial charge in [-0.2, -0.15) is 0 Å². The monoisotopic (exact) mass is 212 g/mol. The number of aliphatic hydroxyl groups excluding tert-OH is 1. The Hall–Kier alpha value is -0.610. The molecule has 86 valence electrons. The molecule has 4 heteroatoms. The third-order valence-electron chi connectivity index (χ3n) is 3.32. The van der Waals surface area contributed by atoms with E-state index in [9.17, 15) is 9.90 Å². The fourth-order valence-corrected chi connectivity index (χ4v) is 2.18. The quantitative estimate of drug-likeness (QED) is 0.717. The fraction of sp³-hybridized carbons (Fsp3) is 0.909. The number of hydrogen-bond acceptors (Lipinski definition) is 3. The van der Waals surface area contributed by atoms with Gasteiger partial charge in [-0.3, -0.25) is 9.69 Å². The third kappa shape index (κ3) is 2.69. The van der Waals surface area contributed by atoms with E-state index in [0.29, 0.717) is 19.1 Å². The fourth-order valence-electron chi connectivity index (χ4n) is 2.18. The molecule has 15 heavy (non-hydrogen) atoms. The van der Waals surface area contributed by atoms with Gasteiger partial charge >= 0.3 is 0 Å². The van der Waals surface area contributed by atoms with Gasteiger partial charge in [-0.15, -0.1) is 0 Å². The Morgan fingerprint density at radius 1 is 1.47 bits per heavy atom. The molecule has 0 aromatic rings. The highest BCUT2D eigenvalue weighted by Gasteiger charge is 2.31. The SMILES string of the molecule is CCN(CC(=O)N1CC[C@H](O)C1)C1CC1. The van der Waals surface area contributed by atoms with Crippen LogP contribution in [-0.2, 0) is 4.79 Å². The van der Waals surface area contributed by atoms with E-state index in [0.717, 1.165) is 19.5 Å². The van der Waals surface area contributed by atoms with Crippen LogP contribution in [0.4, 0.5) is 0 Å². The van der Waals surface area contributed by atoms with Gasteiger partial charge in [0.05, 0.1) is 12.6 Å². The molecule has 4 nitrogen and oxygen atoms in total. The van der Waals surface area contributed by atoms with Crippen LogP contribution in [-0.4, -0.2) is 59.1 Å². The van der Waals surface area contributed by atoms with Crippen LogP contribution in [0.5, 0.6) is 0 Å². The Labute approximate surface area is 90.9 Å². The molecule has 0 spiro atoms. The summed E-state index contributed by atoms with van der Waals surface area (Å²) in [5.74, 6) is 0.181. The molecule has 1 aliphatic carbocycles. The second kappa shape index (κ2) is 4.49. The van der Waals surface area contributed by atoms with Crippen molar-refractivity contribution >= 4 is 5.91 Å². The first-order chi connectivity index (χ1) is 7.20. The molecular weight excluding hydrogens is 192 g/mol. The maximum Gasteiger partial charge on any atom is 0.236 e. The summed E-state index contributed by atoms with van der Waals surface area (Å²) in [6.07, 6.45) is 2.92. The Bertz CT molecular complexity index is 241. The maximum absolute atomic E-state index is 11.9. The summed E-state index contributed by atoms with van der Waals surface area (Å²) in [5, 5.41) is 9.35. The number of aliphatic hydroxyl groups is 1. The van der Waals surface area contributed by atoms with Gasteiger partial charge in [0.1, 0.15) is 0 Å². The summed E-state index contributed by atoms with van der Waals surface area (Å²) >= 11 is 0. The van der Waals surface area contributed by atoms with E-state index in [1.807, 2.05) is 0 Å². The van der Waals surface area contributed by atoms with Gasteiger partial charge in [0.25, 0.3) is 0 Å². The molecule has 0 aromatic heterocycles. The van der Waals surface area contributed by atoms with Crippen molar-refractivity contribution in [3.05, 3.63) is 0 Å². The standard InChI is InChI=1S/C11H20N2O2/c1-2-12(9-3-4-9)8-11(15)13-6-5-10(14)7-13/h9-10,14H,2-8H2,1H3/t10-/m0/s1. The molecular formula is C11H20N2O2. The van der Waals surface area contributed by atoms with Crippen molar-refractivity contribution < 1.29 is 9.90 Å². The van der Waals surface area contributed by atoms with Crippen molar-refractivity contribution in [2.24, 2.45) is 0 Å². The zero-order valence-electron chi connectivity index (χ0n) is 9.35. The number of carbonyl (C=O) groups is 1. The normalized spacial score (nSPS) is 26.3. The molecule has 2 rings (SSSR count). The lowest BCUT2D eigenvalue weighted by Gasteiger charge is -2.23. The average Bonchev–Trinajstić information content (AvgIpc) is 2.97. The molecule has 0 bridgehead atoms. The molecule has 1 saturated heterocycles. The predicted molar refractivity (Wildman–Crippen MR) is 57.5 cm³/mol. The minimum atomic E-state index is -0.301. The smallest absolute Gasteiger partial charge is 0.236 e. The Balaban J connectivity index is 1.80. The van der Waals surface area contributed by atoms with E-state index in [1.165, 1.54) is 12.8 Å². The summed E-state index contributed by atoms with van der Waals surface area (Å²) in [6, 6.07) is 0.645. The summed E-state index contributed by atoms with van der Waals surface area (Å²) in [7, 11) is 0. The van der Waals surface area contributed by atoms with Crippen LogP contribution < -0.4 is 0 Å². The number of nitrogens with zero attached hydrogens (tertiary/aromatic N) is 2. The van der Waals surface area contributed by atoms with Crippen LogP contribution in [0, 0.1) is 0 Å². The van der Waals surface area contributed by atoms with Gasteiger partial charge in [-0.1, -0.05) is 6.92 Å². The summed E-state index contributed by atoms with van der Waals surface area (Å²) in [5.41, 5.74) is 0. The summed E-state index contributed by atoms with van der Waals surface area (Å²) in [4.78, 5) is 15.9. The topological polar surface area (TPSA) is 43.8 Å². The second-order valence-corrected chi connectivity index (χ2v) is 4.58. The van der Waals surface area contributed by atoms with E-state index in [-0.39, 0.29) is 12.0 Å². The van der Waals surface area contributed by atoms with Crippen LogP contribution in [0.3, 0.4) is 0 Å². The third-order valence-corrected chi connectivity index (χ3v) is 3.32. The van der Waals surface area contributed by atoms with Crippen LogP contribution in [0.2, 0.25) is 0 Å². The lowest BCUT2D eigenvalue weighted by atomic mass is 10.3. The largest absolute Gasteiger partial charge is 0.391 e. The number of carbonyl (C=O) groups excluding carboxylic acids is 1. The van der Waals surface area contributed by atoms with Crippen molar-refractivity contribution in [3.63, 3.8) is 0 Å². The zero-order chi connectivity index (χ0) is 10.8. The van der Waals surface area contributed by atoms with Gasteiger partial charge in [0, 0.05) is 19.1 Å². The number of likely N-dealkylation sites (tertiary alicyclic amines) is 1. The molecule has 1 aliphatic heterocycles. The summed E-state index contributed by atoms with van der Waals surface area (Å²) in [6.45, 7) is 4.84. The van der Waals surface area contributed by atoms with E-state index < -0.39 is 0 Å². The Morgan fingerprint density at radius 3 is 2.67 bits per heavy atom. The first-order valence-electron chi connectivity index (χ1n) is 5.90. The van der Waals surface area contributed by atoms with Crippen molar-refractivity contribution in [2.45, 2.75) is 38.3 Å². The molecule has 2 aliphatic rings. The highest BCUT2D eigenvalue weighted by atomic mass is 16.3. The minimum Gasteiger partial charge on any atom is -0.391 e. The van der Waals surface area contributed by atoms with Crippen molar-refractivity contribution in [1.82, 2.24) is 9.80 Å². The lowest BCUT2D eigenvalue weighted by molar-refractivity contribution is -0.131. The number of β-amino-alcohol motifs (C(OH)–C–C–N with tert-alkyl or cyclic N) is 1. The minimum absolute atomic E-state index is 0.181. The van der Waals surface area contributed by atoms with Gasteiger partial charge in [-0.05, 0) is 25.8 Å². The van der Waals surface area contributed by atoms with E-state index in [2.05, 4.69) is 11.8 Å². The highest BCUT2D eigenvalue weighted by Crippen LogP contribution is 2.26. The predicted octanol–water partition coefficient (Wildman–Crippen LogP) is 0.0639. The first kappa shape index (κ1) is 10.9. The average molecular weight is 212 g/mol. The molecule has 1 amide bonds. The number of hydrogen-bond donors (Lipinski definition) is 1. The maximum atomic E-state index is 11.9. The molecule has 1 N–H and O–H groups in total. The van der Waals surface area contributed by atoms with Gasteiger partial charge in [0.2, 0.25) is 5.91 Å². The van der Waals surface area contributed by atoms with Crippen LogP contribution >= 0.6 is 0 Å². The van der Waals surface area contributed by atoms with E-state index in [1.54, 1.807) is 4.90 Å². The molecule has 1 saturated carbocycles. The molecule has 2 fully saturated rings. The second-order valence-electron chi connectivity index (χ2n) is 4.58. The van der Waals surface area contributed by atoms with Crippen LogP contribution in [0.1, 0.15) is 26.2 Å². The summed E-state index contributed by atoms with van der Waals surface area (Å²) < 4.78 is 0. The number of rotatable bonds is 4. The molecule has 0 aromatic carbocycles. The van der Waals surface area contributed by atoms with Gasteiger partial charge in [-0.25, -0.2) is 0 Å². The van der Waals surface area contributed by atoms with Crippen LogP contribution in [0.25, 0.3) is 0 Å². The first-order valence-corrected chi connectivity index (χ1v) is 5.90. The molecule has 1 heterocycles. The van der Waals surface area contributed by atoms with Crippen molar-refractivity contribution in [1.29, 1.82) is 0 Å². The Kier molecular flexibility index (Phi) is 3.26. The lowest BCUT2D eigenvalue weighted by Crippen LogP contribution is -2.40. The Morgan fingerprint density at radius 2 is 2.20 bits per heavy atom. The van der Waals surface area contributed by atoms with Gasteiger partial charge in [0.15, 0.2) is 0 Å². The van der Waals surface area contributed by atoms with Gasteiger partial charge < -0.3 is 10.0 Å².